The van der Waals surface area contributed by atoms with Crippen LogP contribution in [0.4, 0.5) is 18.0 Å². The molecule has 0 spiro atoms. The number of thiazole rings is 1. The van der Waals surface area contributed by atoms with E-state index >= 15 is 0 Å². The van der Waals surface area contributed by atoms with E-state index in [0.29, 0.717) is 37.0 Å². The molecule has 2 N–H and O–H groups in total. The highest BCUT2D eigenvalue weighted by molar-refractivity contribution is 7.89. The fraction of sp³-hybridized carbons (Fsp3) is 0.306. The van der Waals surface area contributed by atoms with Gasteiger partial charge in [0, 0.05) is 33.6 Å². The fourth-order valence-electron chi connectivity index (χ4n) is 5.84. The topological polar surface area (TPSA) is 126 Å². The second-order valence-corrected chi connectivity index (χ2v) is 15.3. The van der Waals surface area contributed by atoms with Crippen molar-refractivity contribution in [3.8, 4) is 0 Å². The molecule has 51 heavy (non-hydrogen) atoms. The fourth-order valence-corrected chi connectivity index (χ4v) is 9.53. The Morgan fingerprint density at radius 2 is 1.65 bits per heavy atom. The monoisotopic (exact) mass is 763 g/mol. The van der Waals surface area contributed by atoms with Crippen LogP contribution in [0.1, 0.15) is 64.4 Å². The quantitative estimate of drug-likeness (QED) is 0.119. The molecule has 0 aliphatic rings. The second kappa shape index (κ2) is 16.0. The maximum absolute atomic E-state index is 15.0. The molecule has 1 amide bonds. The summed E-state index contributed by atoms with van der Waals surface area (Å²) in [6.07, 6.45) is -7.26. The van der Waals surface area contributed by atoms with E-state index in [0.717, 1.165) is 43.6 Å². The molecule has 9 nitrogen and oxygen atoms in total. The third kappa shape index (κ3) is 8.50. The van der Waals surface area contributed by atoms with Crippen LogP contribution in [0.5, 0.6) is 0 Å². The third-order valence-electron chi connectivity index (χ3n) is 8.22. The van der Waals surface area contributed by atoms with Crippen molar-refractivity contribution in [3.63, 3.8) is 0 Å². The number of nitrogens with one attached hydrogen (secondary N) is 1. The van der Waals surface area contributed by atoms with Gasteiger partial charge in [0.25, 0.3) is 0 Å². The van der Waals surface area contributed by atoms with Gasteiger partial charge in [-0.3, -0.25) is 4.79 Å². The van der Waals surface area contributed by atoms with E-state index in [4.69, 9.17) is 10.2 Å². The molecule has 0 fully saturated rings. The maximum atomic E-state index is 15.0. The predicted molar refractivity (Wildman–Crippen MR) is 190 cm³/mol. The molecule has 5 rings (SSSR count). The summed E-state index contributed by atoms with van der Waals surface area (Å²) in [5, 5.41) is 13.1. The summed E-state index contributed by atoms with van der Waals surface area (Å²) in [6, 6.07) is 16.5. The number of alkyl halides is 3. The van der Waals surface area contributed by atoms with Gasteiger partial charge in [-0.25, -0.2) is 18.2 Å². The number of rotatable bonds is 14. The average Bonchev–Trinajstić information content (AvgIpc) is 3.82. The van der Waals surface area contributed by atoms with Gasteiger partial charge < -0.3 is 15.2 Å². The first-order chi connectivity index (χ1) is 25.8. The van der Waals surface area contributed by atoms with Gasteiger partial charge in [-0.05, 0) is 55.2 Å². The van der Waals surface area contributed by atoms with Crippen LogP contribution in [0.25, 0.3) is 10.2 Å². The number of ketones is 1. The Kier molecular flexibility index (Phi) is 10.3. The number of aliphatic hydroxyl groups is 1. The Hall–Kier alpha value is -4.15. The van der Waals surface area contributed by atoms with E-state index in [-0.39, 0.29) is 4.88 Å². The van der Waals surface area contributed by atoms with Gasteiger partial charge in [0.1, 0.15) is 6.04 Å². The minimum absolute atomic E-state index is 0.208. The first-order valence-electron chi connectivity index (χ1n) is 17.4. The number of alkyl carbamates (subject to hydrolysis) is 1. The summed E-state index contributed by atoms with van der Waals surface area (Å²) in [4.78, 5) is 29.7. The normalized spacial score (nSPS) is 16.7. The Balaban J connectivity index is 1.57. The maximum Gasteiger partial charge on any atom is 0.407 e. The number of aromatic nitrogens is 1. The number of ether oxygens (including phenoxy) is 1. The Morgan fingerprint density at radius 3 is 2.22 bits per heavy atom. The molecule has 5 aromatic rings. The predicted octanol–water partition coefficient (Wildman–Crippen LogP) is 7.65. The van der Waals surface area contributed by atoms with E-state index in [1.54, 1.807) is 60.7 Å². The second-order valence-electron chi connectivity index (χ2n) is 11.5. The number of thiophene rings is 1. The van der Waals surface area contributed by atoms with Gasteiger partial charge in [-0.2, -0.15) is 17.5 Å². The lowest BCUT2D eigenvalue weighted by atomic mass is 9.81. The number of carbonyl (C=O) groups excluding carboxylic acids is 2. The van der Waals surface area contributed by atoms with Crippen LogP contribution >= 0.6 is 22.7 Å². The molecule has 270 valence electrons. The molecule has 4 atom stereocenters. The Morgan fingerprint density at radius 1 is 1.02 bits per heavy atom. The summed E-state index contributed by atoms with van der Waals surface area (Å²) in [5.41, 5.74) is 2.98. The summed E-state index contributed by atoms with van der Waals surface area (Å²) in [5.74, 6) is -4.41. The molecule has 2 aromatic heterocycles. The number of aliphatic hydroxyl groups excluding tert-OH is 1. The zero-order valence-corrected chi connectivity index (χ0v) is 29.7. The van der Waals surface area contributed by atoms with Crippen molar-refractivity contribution in [2.45, 2.75) is 61.2 Å². The van der Waals surface area contributed by atoms with Crippen molar-refractivity contribution in [2.75, 3.05) is 13.7 Å². The zero-order chi connectivity index (χ0) is 40.3. The zero-order valence-electron chi connectivity index (χ0n) is 31.2. The Labute approximate surface area is 307 Å². The standard InChI is InChI=1S/C36H36F3N3O6S3/c1-22(2)42(51(46,47)25-14-15-27-32(18-25)49-21-40-27)28(20-43)31-17-16-30(50-31)26(36(37,38)39)19-29(44)34(41-35(45)48-3)33(23-10-6-4-7-11-23)24-12-8-5-9-13-24/h4-18,21-22,26,28,33-34,43H,19-20H2,1-3H3,(H,41,45)/t26-,28-,34-/m1/s1/i1D3,22D/t22?,26-,28-,34-. The molecule has 0 aliphatic carbocycles. The first-order valence-corrected chi connectivity index (χ1v) is 18.6. The Bertz CT molecular complexity index is 2180. The van der Waals surface area contributed by atoms with Crippen LogP contribution in [0.3, 0.4) is 0 Å². The van der Waals surface area contributed by atoms with E-state index in [2.05, 4.69) is 10.3 Å². The highest BCUT2D eigenvalue weighted by Crippen LogP contribution is 2.44. The van der Waals surface area contributed by atoms with E-state index < -0.39 is 87.7 Å². The molecular weight excluding hydrogens is 724 g/mol. The molecule has 0 radical (unpaired) electrons. The van der Waals surface area contributed by atoms with Crippen molar-refractivity contribution in [3.05, 3.63) is 117 Å². The molecule has 3 aromatic carbocycles. The van der Waals surface area contributed by atoms with Crippen molar-refractivity contribution in [1.82, 2.24) is 14.6 Å². The highest BCUT2D eigenvalue weighted by atomic mass is 32.2. The number of fused-ring (bicyclic) bond motifs is 1. The number of hydrogen-bond donors (Lipinski definition) is 2. The van der Waals surface area contributed by atoms with E-state index in [9.17, 15) is 36.3 Å². The minimum atomic E-state index is -5.05. The van der Waals surface area contributed by atoms with Crippen molar-refractivity contribution in [2.24, 2.45) is 0 Å². The lowest BCUT2D eigenvalue weighted by molar-refractivity contribution is -0.156. The summed E-state index contributed by atoms with van der Waals surface area (Å²) in [6.45, 7) is -3.58. The first kappa shape index (κ1) is 32.7. The van der Waals surface area contributed by atoms with Crippen LogP contribution in [0.15, 0.2) is 101 Å². The number of halogens is 3. The van der Waals surface area contributed by atoms with Crippen LogP contribution < -0.4 is 5.32 Å². The molecule has 0 aliphatic heterocycles. The van der Waals surface area contributed by atoms with Crippen LogP contribution in [0, 0.1) is 0 Å². The molecular formula is C36H36F3N3O6S3. The smallest absolute Gasteiger partial charge is 0.407 e. The average molecular weight is 764 g/mol. The number of amides is 1. The van der Waals surface area contributed by atoms with Gasteiger partial charge in [0.15, 0.2) is 5.78 Å². The van der Waals surface area contributed by atoms with Gasteiger partial charge in [-0.1, -0.05) is 60.7 Å². The van der Waals surface area contributed by atoms with Gasteiger partial charge in [0.05, 0.1) is 46.3 Å². The molecule has 2 heterocycles. The summed E-state index contributed by atoms with van der Waals surface area (Å²) in [7, 11) is -3.88. The van der Waals surface area contributed by atoms with Gasteiger partial charge in [-0.15, -0.1) is 22.7 Å². The van der Waals surface area contributed by atoms with Crippen molar-refractivity contribution < 1.29 is 46.5 Å². The summed E-state index contributed by atoms with van der Waals surface area (Å²) < 4.78 is 112. The molecule has 15 heteroatoms. The van der Waals surface area contributed by atoms with Crippen LogP contribution in [-0.4, -0.2) is 66.6 Å². The van der Waals surface area contributed by atoms with Gasteiger partial charge in [0.2, 0.25) is 10.0 Å². The van der Waals surface area contributed by atoms with E-state index in [1.807, 2.05) is 0 Å². The SMILES string of the molecule is [2H]C([2H])([2H])C([2H])(C)N([C@H](CO)c1ccc([C@@H](CC(=O)[C@@H](NC(=O)OC)C(c2ccccc2)c2ccccc2)C(F)(F)F)s1)S(=O)(=O)c1ccc2ncsc2c1. The lowest BCUT2D eigenvalue weighted by Crippen LogP contribution is -2.46. The van der Waals surface area contributed by atoms with Crippen LogP contribution in [-0.2, 0) is 19.6 Å². The number of carbonyl (C=O) groups is 2. The van der Waals surface area contributed by atoms with Crippen LogP contribution in [0.2, 0.25) is 0 Å². The number of Topliss-reactive ketones (excluding diaryl/α,β-unsaturated/α-hetero) is 1. The lowest BCUT2D eigenvalue weighted by Gasteiger charge is -2.32. The third-order valence-corrected chi connectivity index (χ3v) is 12.2. The highest BCUT2D eigenvalue weighted by Gasteiger charge is 2.46. The number of hydrogen-bond acceptors (Lipinski definition) is 9. The molecule has 0 saturated carbocycles. The number of benzene rings is 3. The number of methoxy groups -OCH3 is 1. The van der Waals surface area contributed by atoms with Crippen molar-refractivity contribution in [1.29, 1.82) is 0 Å². The molecule has 0 bridgehead atoms. The van der Waals surface area contributed by atoms with E-state index in [1.165, 1.54) is 17.6 Å². The number of nitrogens with zero attached hydrogens (tertiary/aromatic N) is 2. The summed E-state index contributed by atoms with van der Waals surface area (Å²) >= 11 is 1.53. The minimum Gasteiger partial charge on any atom is -0.453 e. The van der Waals surface area contributed by atoms with Gasteiger partial charge >= 0.3 is 12.3 Å². The largest absolute Gasteiger partial charge is 0.453 e. The molecule has 1 unspecified atom stereocenters. The number of sulfonamides is 1. The van der Waals surface area contributed by atoms with Crippen molar-refractivity contribution >= 4 is 54.8 Å². The molecule has 0 saturated heterocycles.